The predicted octanol–water partition coefficient (Wildman–Crippen LogP) is 1.91. The van der Waals surface area contributed by atoms with Crippen molar-refractivity contribution in [2.45, 2.75) is 31.4 Å². The number of likely N-dealkylation sites (tertiary alicyclic amines) is 1. The Hall–Kier alpha value is -1.74. The molecule has 1 amide bonds. The fourth-order valence-corrected chi connectivity index (χ4v) is 5.27. The summed E-state index contributed by atoms with van der Waals surface area (Å²) in [5.41, 5.74) is 2.20. The lowest BCUT2D eigenvalue weighted by Gasteiger charge is -2.43. The zero-order valence-electron chi connectivity index (χ0n) is 15.6. The van der Waals surface area contributed by atoms with Crippen LogP contribution in [0.4, 0.5) is 0 Å². The SMILES string of the molecule is COCCNC(=O)c1cc2c(s1)C1(CCN(Cc3ccn[nH]3)CC1)OCC2. The molecule has 1 spiro atoms. The zero-order valence-corrected chi connectivity index (χ0v) is 16.4. The molecule has 0 unspecified atom stereocenters. The van der Waals surface area contributed by atoms with Gasteiger partial charge in [-0.05, 0) is 37.0 Å². The maximum absolute atomic E-state index is 12.4. The van der Waals surface area contributed by atoms with Gasteiger partial charge < -0.3 is 14.8 Å². The van der Waals surface area contributed by atoms with Gasteiger partial charge in [-0.1, -0.05) is 0 Å². The third-order valence-electron chi connectivity index (χ3n) is 5.40. The van der Waals surface area contributed by atoms with Crippen molar-refractivity contribution in [1.29, 1.82) is 0 Å². The Morgan fingerprint density at radius 1 is 1.48 bits per heavy atom. The third kappa shape index (κ3) is 3.94. The highest BCUT2D eigenvalue weighted by atomic mass is 32.1. The lowest BCUT2D eigenvalue weighted by Crippen LogP contribution is -2.45. The number of thiophene rings is 1. The van der Waals surface area contributed by atoms with Gasteiger partial charge in [0, 0.05) is 50.1 Å². The molecule has 0 bridgehead atoms. The average molecular weight is 391 g/mol. The molecule has 146 valence electrons. The first-order chi connectivity index (χ1) is 13.2. The van der Waals surface area contributed by atoms with E-state index in [0.717, 1.165) is 56.1 Å². The lowest BCUT2D eigenvalue weighted by molar-refractivity contribution is -0.0961. The highest BCUT2D eigenvalue weighted by molar-refractivity contribution is 7.14. The van der Waals surface area contributed by atoms with Crippen molar-refractivity contribution in [3.05, 3.63) is 39.3 Å². The maximum atomic E-state index is 12.4. The van der Waals surface area contributed by atoms with Crippen LogP contribution in [0.1, 0.15) is 38.6 Å². The highest BCUT2D eigenvalue weighted by Crippen LogP contribution is 2.45. The van der Waals surface area contributed by atoms with E-state index in [0.29, 0.717) is 13.2 Å². The highest BCUT2D eigenvalue weighted by Gasteiger charge is 2.42. The molecule has 0 radical (unpaired) electrons. The summed E-state index contributed by atoms with van der Waals surface area (Å²) in [6, 6.07) is 4.08. The molecule has 2 aromatic heterocycles. The summed E-state index contributed by atoms with van der Waals surface area (Å²) < 4.78 is 11.3. The average Bonchev–Trinajstić information content (AvgIpc) is 3.34. The predicted molar refractivity (Wildman–Crippen MR) is 103 cm³/mol. The number of piperidine rings is 1. The van der Waals surface area contributed by atoms with Crippen molar-refractivity contribution in [2.75, 3.05) is 40.0 Å². The Balaban J connectivity index is 1.44. The monoisotopic (exact) mass is 390 g/mol. The first kappa shape index (κ1) is 18.6. The van der Waals surface area contributed by atoms with E-state index < -0.39 is 0 Å². The van der Waals surface area contributed by atoms with E-state index in [1.807, 2.05) is 6.07 Å². The first-order valence-corrected chi connectivity index (χ1v) is 10.3. The van der Waals surface area contributed by atoms with Gasteiger partial charge in [-0.25, -0.2) is 0 Å². The zero-order chi connectivity index (χ0) is 18.7. The Morgan fingerprint density at radius 3 is 3.07 bits per heavy atom. The minimum atomic E-state index is -0.228. The number of hydrogen-bond donors (Lipinski definition) is 2. The quantitative estimate of drug-likeness (QED) is 0.737. The van der Waals surface area contributed by atoms with Gasteiger partial charge in [0.25, 0.3) is 5.91 Å². The van der Waals surface area contributed by atoms with Crippen molar-refractivity contribution in [2.24, 2.45) is 0 Å². The summed E-state index contributed by atoms with van der Waals surface area (Å²) in [4.78, 5) is 16.9. The molecule has 4 rings (SSSR count). The number of H-pyrrole nitrogens is 1. The number of fused-ring (bicyclic) bond motifs is 2. The van der Waals surface area contributed by atoms with Crippen LogP contribution in [0.15, 0.2) is 18.3 Å². The molecule has 1 saturated heterocycles. The van der Waals surface area contributed by atoms with Crippen LogP contribution in [0.25, 0.3) is 0 Å². The van der Waals surface area contributed by atoms with Crippen molar-refractivity contribution >= 4 is 17.2 Å². The van der Waals surface area contributed by atoms with Gasteiger partial charge in [-0.15, -0.1) is 11.3 Å². The molecule has 0 aliphatic carbocycles. The van der Waals surface area contributed by atoms with Crippen LogP contribution in [0.2, 0.25) is 0 Å². The second-order valence-electron chi connectivity index (χ2n) is 7.16. The molecule has 2 aromatic rings. The summed E-state index contributed by atoms with van der Waals surface area (Å²) in [5.74, 6) is -0.0155. The van der Waals surface area contributed by atoms with E-state index in [9.17, 15) is 4.79 Å². The fourth-order valence-electron chi connectivity index (χ4n) is 3.95. The van der Waals surface area contributed by atoms with E-state index in [1.165, 1.54) is 10.4 Å². The van der Waals surface area contributed by atoms with E-state index in [4.69, 9.17) is 9.47 Å². The van der Waals surface area contributed by atoms with Crippen LogP contribution in [-0.2, 0) is 28.0 Å². The second-order valence-corrected chi connectivity index (χ2v) is 8.22. The Labute approximate surface area is 163 Å². The topological polar surface area (TPSA) is 79.5 Å². The summed E-state index contributed by atoms with van der Waals surface area (Å²) in [6.07, 6.45) is 4.59. The molecule has 2 aliphatic heterocycles. The number of amides is 1. The van der Waals surface area contributed by atoms with Gasteiger partial charge in [-0.3, -0.25) is 14.8 Å². The fraction of sp³-hybridized carbons (Fsp3) is 0.579. The van der Waals surface area contributed by atoms with Crippen molar-refractivity contribution in [3.8, 4) is 0 Å². The molecule has 8 heteroatoms. The van der Waals surface area contributed by atoms with Crippen LogP contribution in [0.3, 0.4) is 0 Å². The molecule has 2 aliphatic rings. The van der Waals surface area contributed by atoms with Gasteiger partial charge in [0.05, 0.1) is 18.1 Å². The molecule has 0 atom stereocenters. The summed E-state index contributed by atoms with van der Waals surface area (Å²) >= 11 is 1.60. The van der Waals surface area contributed by atoms with Crippen LogP contribution in [0.5, 0.6) is 0 Å². The number of methoxy groups -OCH3 is 1. The molecular formula is C19H26N4O3S. The summed E-state index contributed by atoms with van der Waals surface area (Å²) in [7, 11) is 1.63. The van der Waals surface area contributed by atoms with Crippen molar-refractivity contribution < 1.29 is 14.3 Å². The minimum Gasteiger partial charge on any atom is -0.383 e. The maximum Gasteiger partial charge on any atom is 0.261 e. The largest absolute Gasteiger partial charge is 0.383 e. The van der Waals surface area contributed by atoms with E-state index >= 15 is 0 Å². The number of carbonyl (C=O) groups excluding carboxylic acids is 1. The van der Waals surface area contributed by atoms with E-state index in [-0.39, 0.29) is 11.5 Å². The molecule has 1 fully saturated rings. The van der Waals surface area contributed by atoms with Crippen LogP contribution in [0, 0.1) is 0 Å². The first-order valence-electron chi connectivity index (χ1n) is 9.45. The Morgan fingerprint density at radius 2 is 2.33 bits per heavy atom. The molecule has 0 aromatic carbocycles. The van der Waals surface area contributed by atoms with Crippen LogP contribution >= 0.6 is 11.3 Å². The number of aromatic nitrogens is 2. The smallest absolute Gasteiger partial charge is 0.261 e. The number of nitrogens with one attached hydrogen (secondary N) is 2. The second kappa shape index (κ2) is 8.10. The number of rotatable bonds is 6. The Bertz CT molecular complexity index is 766. The summed E-state index contributed by atoms with van der Waals surface area (Å²) in [6.45, 7) is 4.63. The number of ether oxygens (including phenoxy) is 2. The number of nitrogens with zero attached hydrogens (tertiary/aromatic N) is 2. The third-order valence-corrected chi connectivity index (χ3v) is 6.77. The normalized spacial score (nSPS) is 19.1. The number of carbonyl (C=O) groups is 1. The van der Waals surface area contributed by atoms with Crippen LogP contribution < -0.4 is 5.32 Å². The van der Waals surface area contributed by atoms with Crippen molar-refractivity contribution in [3.63, 3.8) is 0 Å². The molecular weight excluding hydrogens is 364 g/mol. The lowest BCUT2D eigenvalue weighted by atomic mass is 9.85. The minimum absolute atomic E-state index is 0.0155. The standard InChI is InChI=1S/C19H26N4O3S/c1-25-11-7-20-18(24)16-12-14-3-10-26-19(17(14)27-16)4-8-23(9-5-19)13-15-2-6-21-22-15/h2,6,12H,3-5,7-11,13H2,1H3,(H,20,24)(H,21,22). The van der Waals surface area contributed by atoms with Gasteiger partial charge in [0.1, 0.15) is 5.60 Å². The van der Waals surface area contributed by atoms with Gasteiger partial charge in [0.15, 0.2) is 0 Å². The molecule has 7 nitrogen and oxygen atoms in total. The Kier molecular flexibility index (Phi) is 5.58. The van der Waals surface area contributed by atoms with Gasteiger partial charge in [-0.2, -0.15) is 5.10 Å². The number of hydrogen-bond acceptors (Lipinski definition) is 6. The molecule has 4 heterocycles. The van der Waals surface area contributed by atoms with Crippen molar-refractivity contribution in [1.82, 2.24) is 20.4 Å². The van der Waals surface area contributed by atoms with Gasteiger partial charge >= 0.3 is 0 Å². The molecule has 0 saturated carbocycles. The van der Waals surface area contributed by atoms with E-state index in [2.05, 4.69) is 26.5 Å². The van der Waals surface area contributed by atoms with E-state index in [1.54, 1.807) is 24.6 Å². The van der Waals surface area contributed by atoms with Gasteiger partial charge in [0.2, 0.25) is 0 Å². The molecule has 27 heavy (non-hydrogen) atoms. The summed E-state index contributed by atoms with van der Waals surface area (Å²) in [5, 5.41) is 9.98. The number of aromatic amines is 1. The molecule has 2 N–H and O–H groups in total. The van der Waals surface area contributed by atoms with Crippen LogP contribution in [-0.4, -0.2) is 61.0 Å².